The third kappa shape index (κ3) is 10.7. The minimum atomic E-state index is -2.12. The second-order valence-corrected chi connectivity index (χ2v) is 22.9. The van der Waals surface area contributed by atoms with Gasteiger partial charge in [0.1, 0.15) is 34.5 Å². The van der Waals surface area contributed by atoms with Gasteiger partial charge in [-0.2, -0.15) is 0 Å². The van der Waals surface area contributed by atoms with Crippen molar-refractivity contribution in [2.24, 2.45) is 0 Å². The average Bonchev–Trinajstić information content (AvgIpc) is 3.35. The largest absolute Gasteiger partial charge is 0.530 e. The molecule has 10 rings (SSSR count). The Labute approximate surface area is 423 Å². The van der Waals surface area contributed by atoms with E-state index in [2.05, 4.69) is 152 Å². The minimum Gasteiger partial charge on any atom is -0.408 e. The third-order valence-electron chi connectivity index (χ3n) is 12.3. The first-order valence-corrected chi connectivity index (χ1v) is 26.8. The van der Waals surface area contributed by atoms with Gasteiger partial charge in [-0.15, -0.1) is 0 Å². The van der Waals surface area contributed by atoms with E-state index in [9.17, 15) is 0 Å². The quantitative estimate of drug-likeness (QED) is 0.101. The second-order valence-electron chi connectivity index (χ2n) is 19.8. The van der Waals surface area contributed by atoms with Crippen LogP contribution in [0.3, 0.4) is 0 Å². The normalized spacial score (nSPS) is 12.0. The standard InChI is InChI=1S/C62H56O6P2S/c1-41-37-51(61(3,4)5)59(67-69(63-53-33-17-25-43-21-9-13-29-47(43)53)64-54-34-18-26-44-22-10-14-30-48(44)54)57(39-41)71-58-40-42(2)38-52(62(6,7)8)60(58)68-70(65-55-35-19-27-45-23-11-15-31-49(45)55)66-56-36-20-28-46-24-12-16-32-50(46)56/h9-40H,1-8H3. The molecule has 0 heterocycles. The highest BCUT2D eigenvalue weighted by atomic mass is 32.2. The van der Waals surface area contributed by atoms with Crippen molar-refractivity contribution in [3.63, 3.8) is 0 Å². The average molecular weight is 991 g/mol. The maximum Gasteiger partial charge on any atom is 0.530 e. The molecule has 0 atom stereocenters. The highest BCUT2D eigenvalue weighted by molar-refractivity contribution is 7.99. The molecule has 0 aliphatic carbocycles. The van der Waals surface area contributed by atoms with E-state index < -0.39 is 17.2 Å². The van der Waals surface area contributed by atoms with Gasteiger partial charge in [0, 0.05) is 32.7 Å². The number of aryl methyl sites for hydroxylation is 2. The first-order valence-electron chi connectivity index (χ1n) is 23.8. The molecule has 10 aromatic carbocycles. The third-order valence-corrected chi connectivity index (χ3v) is 15.3. The van der Waals surface area contributed by atoms with E-state index in [1.807, 2.05) is 97.1 Å². The van der Waals surface area contributed by atoms with Crippen LogP contribution in [0, 0.1) is 13.8 Å². The number of benzene rings is 10. The number of hydrogen-bond acceptors (Lipinski definition) is 7. The van der Waals surface area contributed by atoms with Crippen LogP contribution in [0.15, 0.2) is 204 Å². The van der Waals surface area contributed by atoms with E-state index in [4.69, 9.17) is 27.1 Å². The topological polar surface area (TPSA) is 55.4 Å². The summed E-state index contributed by atoms with van der Waals surface area (Å²) in [6, 6.07) is 65.9. The van der Waals surface area contributed by atoms with E-state index in [1.54, 1.807) is 11.8 Å². The summed E-state index contributed by atoms with van der Waals surface area (Å²) in [5.41, 5.74) is 3.53. The molecule has 0 spiro atoms. The summed E-state index contributed by atoms with van der Waals surface area (Å²) in [5.74, 6) is 4.02. The summed E-state index contributed by atoms with van der Waals surface area (Å²) in [4.78, 5) is 1.77. The fourth-order valence-corrected chi connectivity index (χ4v) is 12.3. The highest BCUT2D eigenvalue weighted by Gasteiger charge is 2.33. The number of hydrogen-bond donors (Lipinski definition) is 0. The van der Waals surface area contributed by atoms with Gasteiger partial charge in [-0.05, 0) is 93.7 Å². The molecule has 0 unspecified atom stereocenters. The SMILES string of the molecule is Cc1cc(Sc2cc(C)cc(C(C)(C)C)c2OP(Oc2cccc3ccccc23)Oc2cccc3ccccc23)c(OP(Oc2cccc3ccccc23)Oc2cccc3ccccc23)c(C(C)(C)C)c1. The molecule has 9 heteroatoms. The Morgan fingerprint density at radius 1 is 0.324 bits per heavy atom. The Morgan fingerprint density at radius 3 is 0.873 bits per heavy atom. The van der Waals surface area contributed by atoms with E-state index in [1.165, 1.54) is 0 Å². The van der Waals surface area contributed by atoms with Gasteiger partial charge < -0.3 is 27.1 Å². The van der Waals surface area contributed by atoms with Crippen LogP contribution in [-0.4, -0.2) is 0 Å². The van der Waals surface area contributed by atoms with Crippen molar-refractivity contribution in [3.05, 3.63) is 216 Å². The van der Waals surface area contributed by atoms with Crippen molar-refractivity contribution in [3.8, 4) is 34.5 Å². The van der Waals surface area contributed by atoms with E-state index in [0.29, 0.717) is 34.5 Å². The maximum absolute atomic E-state index is 7.34. The fourth-order valence-electron chi connectivity index (χ4n) is 8.74. The molecular weight excluding hydrogens is 935 g/mol. The number of rotatable bonds is 14. The summed E-state index contributed by atoms with van der Waals surface area (Å²) in [7, 11) is -4.24. The van der Waals surface area contributed by atoms with Crippen LogP contribution in [0.4, 0.5) is 0 Å². The van der Waals surface area contributed by atoms with E-state index >= 15 is 0 Å². The van der Waals surface area contributed by atoms with Crippen LogP contribution >= 0.6 is 29.0 Å². The first-order chi connectivity index (χ1) is 34.2. The molecule has 0 aliphatic heterocycles. The van der Waals surface area contributed by atoms with Gasteiger partial charge in [-0.1, -0.05) is 211 Å². The van der Waals surface area contributed by atoms with Gasteiger partial charge in [-0.25, -0.2) is 0 Å². The van der Waals surface area contributed by atoms with Crippen molar-refractivity contribution in [1.29, 1.82) is 0 Å². The molecule has 0 saturated heterocycles. The van der Waals surface area contributed by atoms with Gasteiger partial charge in [-0.3, -0.25) is 0 Å². The lowest BCUT2D eigenvalue weighted by Crippen LogP contribution is -2.16. The molecule has 71 heavy (non-hydrogen) atoms. The van der Waals surface area contributed by atoms with Crippen LogP contribution < -0.4 is 27.1 Å². The lowest BCUT2D eigenvalue weighted by molar-refractivity contribution is 0.381. The van der Waals surface area contributed by atoms with Crippen LogP contribution in [0.1, 0.15) is 63.8 Å². The summed E-state index contributed by atoms with van der Waals surface area (Å²) in [6.07, 6.45) is 0. The first kappa shape index (κ1) is 47.9. The van der Waals surface area contributed by atoms with Crippen LogP contribution in [0.5, 0.6) is 34.5 Å². The van der Waals surface area contributed by atoms with Crippen LogP contribution in [0.25, 0.3) is 43.1 Å². The summed E-state index contributed by atoms with van der Waals surface area (Å²) in [6.45, 7) is 17.5. The van der Waals surface area contributed by atoms with Gasteiger partial charge in [0.25, 0.3) is 0 Å². The van der Waals surface area contributed by atoms with Crippen molar-refractivity contribution in [2.45, 2.75) is 76.0 Å². The molecule has 356 valence electrons. The zero-order valence-corrected chi connectivity index (χ0v) is 43.8. The molecule has 6 nitrogen and oxygen atoms in total. The molecule has 0 bridgehead atoms. The Balaban J connectivity index is 1.11. The molecule has 0 aliphatic rings. The van der Waals surface area contributed by atoms with Crippen molar-refractivity contribution in [2.75, 3.05) is 0 Å². The van der Waals surface area contributed by atoms with Crippen molar-refractivity contribution >= 4 is 72.1 Å². The van der Waals surface area contributed by atoms with Crippen LogP contribution in [0.2, 0.25) is 0 Å². The Kier molecular flexibility index (Phi) is 13.6. The molecule has 0 fully saturated rings. The summed E-state index contributed by atoms with van der Waals surface area (Å²) in [5, 5.41) is 8.09. The Hall–Kier alpha value is -6.75. The second kappa shape index (κ2) is 20.2. The zero-order chi connectivity index (χ0) is 49.3. The van der Waals surface area contributed by atoms with Gasteiger partial charge in [0.05, 0.1) is 9.79 Å². The maximum atomic E-state index is 7.34. The lowest BCUT2D eigenvalue weighted by Gasteiger charge is -2.29. The minimum absolute atomic E-state index is 0.341. The van der Waals surface area contributed by atoms with Gasteiger partial charge in [0.2, 0.25) is 0 Å². The molecule has 0 aromatic heterocycles. The summed E-state index contributed by atoms with van der Waals surface area (Å²) < 4.78 is 42.6. The van der Waals surface area contributed by atoms with Crippen molar-refractivity contribution < 1.29 is 27.1 Å². The smallest absolute Gasteiger partial charge is 0.408 e. The molecule has 0 saturated carbocycles. The summed E-state index contributed by atoms with van der Waals surface area (Å²) >= 11 is 1.60. The van der Waals surface area contributed by atoms with E-state index in [0.717, 1.165) is 75.1 Å². The van der Waals surface area contributed by atoms with Gasteiger partial charge in [0.15, 0.2) is 0 Å². The van der Waals surface area contributed by atoms with Crippen LogP contribution in [-0.2, 0) is 10.8 Å². The predicted octanol–water partition coefficient (Wildman–Crippen LogP) is 19.2. The molecule has 0 amide bonds. The molecule has 0 radical (unpaired) electrons. The molecular formula is C62H56O6P2S. The molecule has 0 N–H and O–H groups in total. The fraction of sp³-hybridized carbons (Fsp3) is 0.161. The predicted molar refractivity (Wildman–Crippen MR) is 297 cm³/mol. The molecule has 10 aromatic rings. The Bertz CT molecular complexity index is 3150. The number of fused-ring (bicyclic) bond motifs is 4. The zero-order valence-electron chi connectivity index (χ0n) is 41.2. The van der Waals surface area contributed by atoms with Gasteiger partial charge >= 0.3 is 17.2 Å². The highest BCUT2D eigenvalue weighted by Crippen LogP contribution is 2.56. The Morgan fingerprint density at radius 2 is 0.592 bits per heavy atom. The van der Waals surface area contributed by atoms with Crippen molar-refractivity contribution in [1.82, 2.24) is 0 Å². The monoisotopic (exact) mass is 990 g/mol. The lowest BCUT2D eigenvalue weighted by atomic mass is 9.85. The van der Waals surface area contributed by atoms with E-state index in [-0.39, 0.29) is 10.8 Å².